The molecule has 0 saturated carbocycles. The molecule has 0 N–H and O–H groups in total. The van der Waals surface area contributed by atoms with E-state index in [1.165, 1.54) is 0 Å². The molecular weight excluding hydrogens is 284 g/mol. The Bertz CT molecular complexity index is 651. The number of ketones is 2. The average molecular weight is 308 g/mol. The fraction of sp³-hybridized carbons (Fsp3) is 0.333. The third kappa shape index (κ3) is 5.17. The van der Waals surface area contributed by atoms with Crippen LogP contribution in [0.1, 0.15) is 55.5 Å². The first-order chi connectivity index (χ1) is 10.9. The Hall–Kier alpha value is -2.22. The number of Topliss-reactive ketones (excluding diaryl/α,β-unsaturated/α-hetero) is 2. The Balaban J connectivity index is 2.24. The van der Waals surface area contributed by atoms with Crippen molar-refractivity contribution >= 4 is 11.6 Å². The molecule has 0 aliphatic heterocycles. The molecule has 0 aliphatic rings. The molecular formula is C21H24O2. The Morgan fingerprint density at radius 2 is 1.39 bits per heavy atom. The molecule has 2 aromatic carbocycles. The van der Waals surface area contributed by atoms with Crippen LogP contribution in [0.25, 0.3) is 0 Å². The van der Waals surface area contributed by atoms with Gasteiger partial charge in [0.25, 0.3) is 0 Å². The summed E-state index contributed by atoms with van der Waals surface area (Å²) in [5, 5.41) is 0. The van der Waals surface area contributed by atoms with Crippen LogP contribution in [0, 0.1) is 5.41 Å². The third-order valence-corrected chi connectivity index (χ3v) is 3.78. The minimum Gasteiger partial charge on any atom is -0.299 e. The molecule has 0 fully saturated rings. The van der Waals surface area contributed by atoms with Gasteiger partial charge in [-0.15, -0.1) is 0 Å². The van der Waals surface area contributed by atoms with Crippen LogP contribution in [0.15, 0.2) is 60.7 Å². The molecule has 1 atom stereocenters. The van der Waals surface area contributed by atoms with E-state index in [1.807, 2.05) is 69.3 Å². The molecule has 23 heavy (non-hydrogen) atoms. The summed E-state index contributed by atoms with van der Waals surface area (Å²) in [6, 6.07) is 18.8. The van der Waals surface area contributed by atoms with Crippen molar-refractivity contribution in [1.82, 2.24) is 0 Å². The molecule has 0 bridgehead atoms. The first-order valence-electron chi connectivity index (χ1n) is 8.03. The van der Waals surface area contributed by atoms with Gasteiger partial charge in [0.05, 0.1) is 0 Å². The highest BCUT2D eigenvalue weighted by Gasteiger charge is 2.27. The zero-order valence-corrected chi connectivity index (χ0v) is 14.1. The molecule has 2 rings (SSSR count). The maximum Gasteiger partial charge on any atom is 0.163 e. The lowest BCUT2D eigenvalue weighted by Gasteiger charge is -2.22. The van der Waals surface area contributed by atoms with Crippen molar-refractivity contribution in [2.75, 3.05) is 0 Å². The molecule has 2 heteroatoms. The van der Waals surface area contributed by atoms with E-state index in [1.54, 1.807) is 12.1 Å². The Morgan fingerprint density at radius 3 is 1.91 bits per heavy atom. The smallest absolute Gasteiger partial charge is 0.163 e. The minimum absolute atomic E-state index is 0.0155. The number of carbonyl (C=O) groups is 2. The number of carbonyl (C=O) groups excluding carboxylic acids is 2. The van der Waals surface area contributed by atoms with Gasteiger partial charge in [0, 0.05) is 24.3 Å². The van der Waals surface area contributed by atoms with Crippen LogP contribution in [0.4, 0.5) is 0 Å². The number of hydrogen-bond acceptors (Lipinski definition) is 2. The van der Waals surface area contributed by atoms with Crippen LogP contribution in [0.3, 0.4) is 0 Å². The molecule has 2 aromatic rings. The maximum absolute atomic E-state index is 12.8. The lowest BCUT2D eigenvalue weighted by atomic mass is 9.80. The number of hydrogen-bond donors (Lipinski definition) is 0. The summed E-state index contributed by atoms with van der Waals surface area (Å²) >= 11 is 0. The summed E-state index contributed by atoms with van der Waals surface area (Å²) in [5.74, 6) is -0.224. The summed E-state index contributed by atoms with van der Waals surface area (Å²) in [6.45, 7) is 6.14. The van der Waals surface area contributed by atoms with Gasteiger partial charge in [0.2, 0.25) is 0 Å². The van der Waals surface area contributed by atoms with Gasteiger partial charge in [0.1, 0.15) is 5.78 Å². The van der Waals surface area contributed by atoms with Gasteiger partial charge in [-0.25, -0.2) is 0 Å². The van der Waals surface area contributed by atoms with Gasteiger partial charge >= 0.3 is 0 Å². The normalized spacial score (nSPS) is 12.7. The predicted molar refractivity (Wildman–Crippen MR) is 93.7 cm³/mol. The van der Waals surface area contributed by atoms with Gasteiger partial charge in [0.15, 0.2) is 5.78 Å². The fourth-order valence-electron chi connectivity index (χ4n) is 2.68. The van der Waals surface area contributed by atoms with Gasteiger partial charge in [-0.1, -0.05) is 81.4 Å². The second kappa shape index (κ2) is 7.36. The van der Waals surface area contributed by atoms with Crippen molar-refractivity contribution in [1.29, 1.82) is 0 Å². The molecule has 0 aromatic heterocycles. The fourth-order valence-corrected chi connectivity index (χ4v) is 2.68. The summed E-state index contributed by atoms with van der Waals surface area (Å²) in [5.41, 5.74) is 1.50. The standard InChI is InChI=1S/C21H24O2/c1-21(2,3)15-20(23)18(16-10-6-4-7-11-16)14-19(22)17-12-8-5-9-13-17/h4-13,18H,14-15H2,1-3H3. The number of benzene rings is 2. The molecule has 1 unspecified atom stereocenters. The van der Waals surface area contributed by atoms with Crippen molar-refractivity contribution < 1.29 is 9.59 Å². The van der Waals surface area contributed by atoms with Crippen LogP contribution in [0.5, 0.6) is 0 Å². The van der Waals surface area contributed by atoms with Gasteiger partial charge in [-0.3, -0.25) is 9.59 Å². The van der Waals surface area contributed by atoms with Crippen molar-refractivity contribution in [3.05, 3.63) is 71.8 Å². The third-order valence-electron chi connectivity index (χ3n) is 3.78. The zero-order chi connectivity index (χ0) is 16.9. The van der Waals surface area contributed by atoms with E-state index < -0.39 is 0 Å². The molecule has 0 amide bonds. The van der Waals surface area contributed by atoms with Crippen molar-refractivity contribution in [2.24, 2.45) is 5.41 Å². The summed E-state index contributed by atoms with van der Waals surface area (Å²) in [6.07, 6.45) is 0.692. The molecule has 0 heterocycles. The van der Waals surface area contributed by atoms with Crippen molar-refractivity contribution in [3.63, 3.8) is 0 Å². The lowest BCUT2D eigenvalue weighted by molar-refractivity contribution is -0.122. The second-order valence-electron chi connectivity index (χ2n) is 7.16. The highest BCUT2D eigenvalue weighted by molar-refractivity contribution is 6.00. The molecule has 0 aliphatic carbocycles. The first-order valence-corrected chi connectivity index (χ1v) is 8.03. The largest absolute Gasteiger partial charge is 0.299 e. The quantitative estimate of drug-likeness (QED) is 0.700. The zero-order valence-electron chi connectivity index (χ0n) is 14.1. The average Bonchev–Trinajstić information content (AvgIpc) is 2.52. The van der Waals surface area contributed by atoms with E-state index in [0.717, 1.165) is 5.56 Å². The summed E-state index contributed by atoms with van der Waals surface area (Å²) in [4.78, 5) is 25.3. The summed E-state index contributed by atoms with van der Waals surface area (Å²) in [7, 11) is 0. The van der Waals surface area contributed by atoms with E-state index in [9.17, 15) is 9.59 Å². The van der Waals surface area contributed by atoms with E-state index in [4.69, 9.17) is 0 Å². The van der Waals surface area contributed by atoms with Crippen LogP contribution < -0.4 is 0 Å². The molecule has 120 valence electrons. The van der Waals surface area contributed by atoms with E-state index >= 15 is 0 Å². The Morgan fingerprint density at radius 1 is 0.870 bits per heavy atom. The summed E-state index contributed by atoms with van der Waals surface area (Å²) < 4.78 is 0. The van der Waals surface area contributed by atoms with Crippen LogP contribution in [0.2, 0.25) is 0 Å². The van der Waals surface area contributed by atoms with Crippen LogP contribution >= 0.6 is 0 Å². The van der Waals surface area contributed by atoms with Gasteiger partial charge in [-0.05, 0) is 11.0 Å². The van der Waals surface area contributed by atoms with Crippen molar-refractivity contribution in [2.45, 2.75) is 39.5 Å². The second-order valence-corrected chi connectivity index (χ2v) is 7.16. The molecule has 0 saturated heterocycles. The molecule has 0 spiro atoms. The maximum atomic E-state index is 12.8. The Labute approximate surface area is 138 Å². The Kier molecular flexibility index (Phi) is 5.49. The first kappa shape index (κ1) is 17.1. The highest BCUT2D eigenvalue weighted by Crippen LogP contribution is 2.29. The van der Waals surface area contributed by atoms with Crippen molar-refractivity contribution in [3.8, 4) is 0 Å². The number of rotatable bonds is 6. The predicted octanol–water partition coefficient (Wildman–Crippen LogP) is 5.05. The minimum atomic E-state index is -0.372. The lowest BCUT2D eigenvalue weighted by Crippen LogP contribution is -2.22. The topological polar surface area (TPSA) is 34.1 Å². The SMILES string of the molecule is CC(C)(C)CC(=O)C(CC(=O)c1ccccc1)c1ccccc1. The van der Waals surface area contributed by atoms with E-state index in [0.29, 0.717) is 12.0 Å². The monoisotopic (exact) mass is 308 g/mol. The van der Waals surface area contributed by atoms with Crippen LogP contribution in [-0.2, 0) is 4.79 Å². The van der Waals surface area contributed by atoms with Gasteiger partial charge < -0.3 is 0 Å². The molecule has 2 nitrogen and oxygen atoms in total. The van der Waals surface area contributed by atoms with Crippen LogP contribution in [-0.4, -0.2) is 11.6 Å². The highest BCUT2D eigenvalue weighted by atomic mass is 16.1. The van der Waals surface area contributed by atoms with Gasteiger partial charge in [-0.2, -0.15) is 0 Å². The van der Waals surface area contributed by atoms with E-state index in [-0.39, 0.29) is 29.3 Å². The molecule has 0 radical (unpaired) electrons. The van der Waals surface area contributed by atoms with E-state index in [2.05, 4.69) is 0 Å².